The Kier molecular flexibility index (Phi) is 5.26. The molecule has 0 aliphatic heterocycles. The third-order valence-electron chi connectivity index (χ3n) is 5.34. The second kappa shape index (κ2) is 7.74. The standard InChI is InChI=1S/C24H19F5O/c1-2-3-14-4-10-18-16(12-14)7-11-19-20(18)13-21(25)22(23(19)26)15-5-8-17(9-6-15)30-24(27,28)29/h4-6,8-10,12-13H,2-3,7,11H2,1H3. The zero-order valence-corrected chi connectivity index (χ0v) is 16.2. The smallest absolute Gasteiger partial charge is 0.406 e. The van der Waals surface area contributed by atoms with Crippen molar-refractivity contribution in [3.05, 3.63) is 76.9 Å². The Labute approximate surface area is 171 Å². The van der Waals surface area contributed by atoms with Crippen molar-refractivity contribution < 1.29 is 26.7 Å². The highest BCUT2D eigenvalue weighted by Crippen LogP contribution is 2.40. The number of hydrogen-bond acceptors (Lipinski definition) is 1. The van der Waals surface area contributed by atoms with Gasteiger partial charge in [0.05, 0.1) is 5.56 Å². The monoisotopic (exact) mass is 418 g/mol. The Bertz CT molecular complexity index is 1080. The quantitative estimate of drug-likeness (QED) is 0.406. The first kappa shape index (κ1) is 20.4. The Morgan fingerprint density at radius 2 is 1.63 bits per heavy atom. The maximum absolute atomic E-state index is 15.3. The van der Waals surface area contributed by atoms with Crippen LogP contribution in [0.15, 0.2) is 48.5 Å². The van der Waals surface area contributed by atoms with Crippen molar-refractivity contribution in [1.29, 1.82) is 0 Å². The highest BCUT2D eigenvalue weighted by Gasteiger charge is 2.31. The molecular weight excluding hydrogens is 399 g/mol. The number of halogens is 5. The first-order valence-electron chi connectivity index (χ1n) is 9.76. The molecule has 0 saturated carbocycles. The lowest BCUT2D eigenvalue weighted by atomic mass is 9.82. The molecule has 0 spiro atoms. The van der Waals surface area contributed by atoms with Gasteiger partial charge in [-0.1, -0.05) is 43.7 Å². The van der Waals surface area contributed by atoms with Gasteiger partial charge in [-0.25, -0.2) is 8.78 Å². The highest BCUT2D eigenvalue weighted by atomic mass is 19.4. The van der Waals surface area contributed by atoms with Gasteiger partial charge in [0.25, 0.3) is 0 Å². The van der Waals surface area contributed by atoms with Gasteiger partial charge in [-0.3, -0.25) is 0 Å². The van der Waals surface area contributed by atoms with Crippen LogP contribution in [0.1, 0.15) is 30.0 Å². The molecule has 0 unspecified atom stereocenters. The van der Waals surface area contributed by atoms with Crippen molar-refractivity contribution in [1.82, 2.24) is 0 Å². The van der Waals surface area contributed by atoms with Crippen molar-refractivity contribution in [2.24, 2.45) is 0 Å². The number of benzene rings is 3. The fourth-order valence-electron chi connectivity index (χ4n) is 4.05. The van der Waals surface area contributed by atoms with Crippen LogP contribution in [0.4, 0.5) is 22.0 Å². The summed E-state index contributed by atoms with van der Waals surface area (Å²) in [5.41, 5.74) is 4.00. The van der Waals surface area contributed by atoms with Crippen LogP contribution in [-0.2, 0) is 19.3 Å². The van der Waals surface area contributed by atoms with Gasteiger partial charge in [0.15, 0.2) is 0 Å². The molecule has 0 heterocycles. The topological polar surface area (TPSA) is 9.23 Å². The minimum atomic E-state index is -4.83. The van der Waals surface area contributed by atoms with E-state index in [1.807, 2.05) is 12.1 Å². The molecule has 0 amide bonds. The molecule has 1 nitrogen and oxygen atoms in total. The molecule has 0 saturated heterocycles. The van der Waals surface area contributed by atoms with Crippen molar-refractivity contribution in [2.45, 2.75) is 39.0 Å². The highest BCUT2D eigenvalue weighted by molar-refractivity contribution is 5.78. The van der Waals surface area contributed by atoms with Crippen LogP contribution in [0.5, 0.6) is 5.75 Å². The first-order valence-corrected chi connectivity index (χ1v) is 9.76. The first-order chi connectivity index (χ1) is 14.3. The van der Waals surface area contributed by atoms with Gasteiger partial charge in [0.2, 0.25) is 0 Å². The third kappa shape index (κ3) is 3.91. The summed E-state index contributed by atoms with van der Waals surface area (Å²) in [5, 5.41) is 0. The van der Waals surface area contributed by atoms with E-state index in [1.54, 1.807) is 0 Å². The Morgan fingerprint density at radius 1 is 0.900 bits per heavy atom. The van der Waals surface area contributed by atoms with E-state index in [0.717, 1.165) is 36.1 Å². The normalized spacial score (nSPS) is 13.0. The molecule has 3 aromatic carbocycles. The molecule has 3 aromatic rings. The number of hydrogen-bond donors (Lipinski definition) is 0. The van der Waals surface area contributed by atoms with Gasteiger partial charge in [-0.05, 0) is 70.8 Å². The second-order valence-electron chi connectivity index (χ2n) is 7.39. The van der Waals surface area contributed by atoms with Gasteiger partial charge in [-0.15, -0.1) is 13.2 Å². The van der Waals surface area contributed by atoms with Gasteiger partial charge in [0, 0.05) is 0 Å². The summed E-state index contributed by atoms with van der Waals surface area (Å²) in [7, 11) is 0. The number of ether oxygens (including phenoxy) is 1. The lowest BCUT2D eigenvalue weighted by molar-refractivity contribution is -0.274. The van der Waals surface area contributed by atoms with E-state index in [9.17, 15) is 17.6 Å². The van der Waals surface area contributed by atoms with E-state index >= 15 is 4.39 Å². The molecule has 0 bridgehead atoms. The van der Waals surface area contributed by atoms with Crippen molar-refractivity contribution >= 4 is 0 Å². The van der Waals surface area contributed by atoms with Gasteiger partial charge >= 0.3 is 6.36 Å². The lowest BCUT2D eigenvalue weighted by Crippen LogP contribution is -2.17. The largest absolute Gasteiger partial charge is 0.573 e. The predicted molar refractivity (Wildman–Crippen MR) is 105 cm³/mol. The zero-order valence-electron chi connectivity index (χ0n) is 16.2. The summed E-state index contributed by atoms with van der Waals surface area (Å²) in [6, 6.07) is 11.9. The Hall–Kier alpha value is -2.89. The van der Waals surface area contributed by atoms with E-state index in [0.29, 0.717) is 24.0 Å². The Morgan fingerprint density at radius 3 is 2.30 bits per heavy atom. The Balaban J connectivity index is 1.74. The van der Waals surface area contributed by atoms with Crippen LogP contribution in [0.2, 0.25) is 0 Å². The van der Waals surface area contributed by atoms with Gasteiger partial charge in [-0.2, -0.15) is 0 Å². The van der Waals surface area contributed by atoms with E-state index in [1.165, 1.54) is 23.8 Å². The van der Waals surface area contributed by atoms with Crippen LogP contribution < -0.4 is 4.74 Å². The van der Waals surface area contributed by atoms with Crippen LogP contribution in [0.25, 0.3) is 22.3 Å². The van der Waals surface area contributed by atoms with E-state index in [2.05, 4.69) is 17.7 Å². The van der Waals surface area contributed by atoms with Crippen molar-refractivity contribution in [3.63, 3.8) is 0 Å². The average Bonchev–Trinajstić information content (AvgIpc) is 2.68. The number of rotatable bonds is 4. The van der Waals surface area contributed by atoms with Crippen LogP contribution in [0, 0.1) is 11.6 Å². The van der Waals surface area contributed by atoms with Crippen LogP contribution >= 0.6 is 0 Å². The van der Waals surface area contributed by atoms with E-state index in [-0.39, 0.29) is 11.1 Å². The molecule has 30 heavy (non-hydrogen) atoms. The van der Waals surface area contributed by atoms with Gasteiger partial charge < -0.3 is 4.74 Å². The lowest BCUT2D eigenvalue weighted by Gasteiger charge is -2.23. The molecule has 0 atom stereocenters. The van der Waals surface area contributed by atoms with Crippen LogP contribution in [0.3, 0.4) is 0 Å². The van der Waals surface area contributed by atoms with Gasteiger partial charge in [0.1, 0.15) is 17.4 Å². The maximum atomic E-state index is 15.3. The summed E-state index contributed by atoms with van der Waals surface area (Å²) in [4.78, 5) is 0. The summed E-state index contributed by atoms with van der Waals surface area (Å²) in [6.07, 6.45) is -1.76. The predicted octanol–water partition coefficient (Wildman–Crippen LogP) is 7.25. The molecule has 0 N–H and O–H groups in total. The molecule has 4 rings (SSSR count). The number of alkyl halides is 3. The SMILES string of the molecule is CCCc1ccc2c(c1)CCc1c-2cc(F)c(-c2ccc(OC(F)(F)F)cc2)c1F. The summed E-state index contributed by atoms with van der Waals surface area (Å²) in [5.74, 6) is -1.86. The summed E-state index contributed by atoms with van der Waals surface area (Å²) < 4.78 is 71.1. The molecule has 0 fully saturated rings. The van der Waals surface area contributed by atoms with E-state index in [4.69, 9.17) is 0 Å². The van der Waals surface area contributed by atoms with Crippen molar-refractivity contribution in [2.75, 3.05) is 0 Å². The molecule has 0 radical (unpaired) electrons. The van der Waals surface area contributed by atoms with Crippen LogP contribution in [-0.4, -0.2) is 6.36 Å². The number of aryl methyl sites for hydroxylation is 2. The minimum absolute atomic E-state index is 0.159. The molecule has 1 aliphatic rings. The maximum Gasteiger partial charge on any atom is 0.573 e. The molecular formula is C24H19F5O. The summed E-state index contributed by atoms with van der Waals surface area (Å²) in [6.45, 7) is 2.10. The molecule has 156 valence electrons. The third-order valence-corrected chi connectivity index (χ3v) is 5.34. The second-order valence-corrected chi connectivity index (χ2v) is 7.39. The average molecular weight is 418 g/mol. The number of fused-ring (bicyclic) bond motifs is 3. The van der Waals surface area contributed by atoms with E-state index < -0.39 is 23.7 Å². The fourth-order valence-corrected chi connectivity index (χ4v) is 4.05. The molecule has 6 heteroatoms. The van der Waals surface area contributed by atoms with Crippen molar-refractivity contribution in [3.8, 4) is 28.0 Å². The summed E-state index contributed by atoms with van der Waals surface area (Å²) >= 11 is 0. The molecule has 1 aliphatic carbocycles. The molecule has 0 aromatic heterocycles. The fraction of sp³-hybridized carbons (Fsp3) is 0.250. The minimum Gasteiger partial charge on any atom is -0.406 e. The zero-order chi connectivity index (χ0) is 21.5.